The molecule has 1 saturated carbocycles. The molecule has 16 nitrogen and oxygen atoms in total. The van der Waals surface area contributed by atoms with Crippen molar-refractivity contribution in [2.75, 3.05) is 54.4 Å². The first-order chi connectivity index (χ1) is 30.6. The fraction of sp³-hybridized carbons (Fsp3) is 0.468. The summed E-state index contributed by atoms with van der Waals surface area (Å²) in [6.07, 6.45) is 9.43. The standard InChI is InChI=1S/C47H56N12O4/c1-4-21-58-44(61)37-28-48-45(52-42(37)59(58)39-17-12-33-18-20-47(63,5-2)41(33)50-39)49-34-13-10-32(11-14-34)31-8-6-30(7-9-31)29-55-23-25-56(26-24-55)35-15-16-36-38(27-35)54(3)53-43(36)57-22-19-40(60)51-46(57)62/h10-17,27-28,30-31,63H,4-9,18-26,29H2,1-3H3,(H,48,49,52)(H,51,60,62)/t30?,31?,47-/m1/s1. The zero-order chi connectivity index (χ0) is 43.4. The van der Waals surface area contributed by atoms with Crippen LogP contribution in [0.5, 0.6) is 0 Å². The molecule has 2 aliphatic carbocycles. The first-order valence-corrected chi connectivity index (χ1v) is 22.7. The first-order valence-electron chi connectivity index (χ1n) is 22.7. The molecule has 0 unspecified atom stereocenters. The number of carbonyl (C=O) groups is 2. The van der Waals surface area contributed by atoms with E-state index in [1.807, 2.05) is 37.7 Å². The van der Waals surface area contributed by atoms with Crippen molar-refractivity contribution in [1.82, 2.24) is 44.3 Å². The van der Waals surface area contributed by atoms with Gasteiger partial charge >= 0.3 is 6.03 Å². The molecule has 6 aromatic rings. The van der Waals surface area contributed by atoms with Crippen molar-refractivity contribution in [3.8, 4) is 5.82 Å². The fourth-order valence-electron chi connectivity index (χ4n) is 10.3. The molecule has 63 heavy (non-hydrogen) atoms. The lowest BCUT2D eigenvalue weighted by Crippen LogP contribution is -2.49. The molecule has 0 spiro atoms. The smallest absolute Gasteiger partial charge is 0.329 e. The molecular weight excluding hydrogens is 797 g/mol. The maximum Gasteiger partial charge on any atom is 0.329 e. The van der Waals surface area contributed by atoms with E-state index in [2.05, 4.69) is 73.0 Å². The van der Waals surface area contributed by atoms with Gasteiger partial charge in [-0.2, -0.15) is 10.1 Å². The summed E-state index contributed by atoms with van der Waals surface area (Å²) in [7, 11) is 1.90. The number of pyridine rings is 1. The third kappa shape index (κ3) is 7.62. The summed E-state index contributed by atoms with van der Waals surface area (Å²) >= 11 is 0. The summed E-state index contributed by atoms with van der Waals surface area (Å²) < 4.78 is 5.28. The molecule has 328 valence electrons. The second-order valence-corrected chi connectivity index (χ2v) is 17.9. The van der Waals surface area contributed by atoms with Crippen LogP contribution in [0.15, 0.2) is 65.6 Å². The average molecular weight is 853 g/mol. The second-order valence-electron chi connectivity index (χ2n) is 17.9. The number of aryl methyl sites for hydroxylation is 2. The number of hydrogen-bond donors (Lipinski definition) is 3. The van der Waals surface area contributed by atoms with E-state index in [1.54, 1.807) is 20.5 Å². The number of carbonyl (C=O) groups excluding carboxylic acids is 2. The molecule has 0 radical (unpaired) electrons. The molecule has 4 aliphatic rings. The zero-order valence-electron chi connectivity index (χ0n) is 36.4. The van der Waals surface area contributed by atoms with Gasteiger partial charge in [-0.15, -0.1) is 0 Å². The number of hydrogen-bond acceptors (Lipinski definition) is 11. The van der Waals surface area contributed by atoms with Crippen molar-refractivity contribution in [3.05, 3.63) is 88.0 Å². The van der Waals surface area contributed by atoms with Crippen molar-refractivity contribution in [1.29, 1.82) is 0 Å². The summed E-state index contributed by atoms with van der Waals surface area (Å²) in [4.78, 5) is 58.8. The Kier molecular flexibility index (Phi) is 10.7. The maximum atomic E-state index is 13.6. The molecule has 16 heteroatoms. The minimum absolute atomic E-state index is 0.160. The molecule has 2 saturated heterocycles. The third-order valence-corrected chi connectivity index (χ3v) is 14.0. The largest absolute Gasteiger partial charge is 0.384 e. The van der Waals surface area contributed by atoms with Gasteiger partial charge in [0.05, 0.1) is 11.2 Å². The van der Waals surface area contributed by atoms with Gasteiger partial charge in [-0.3, -0.25) is 29.4 Å². The molecule has 6 heterocycles. The topological polar surface area (TPSA) is 172 Å². The highest BCUT2D eigenvalue weighted by atomic mass is 16.3. The van der Waals surface area contributed by atoms with E-state index in [0.29, 0.717) is 72.1 Å². The van der Waals surface area contributed by atoms with Crippen LogP contribution in [0.4, 0.5) is 27.9 Å². The van der Waals surface area contributed by atoms with Gasteiger partial charge in [-0.1, -0.05) is 32.0 Å². The fourth-order valence-corrected chi connectivity index (χ4v) is 10.3. The van der Waals surface area contributed by atoms with Crippen molar-refractivity contribution < 1.29 is 14.7 Å². The van der Waals surface area contributed by atoms with Crippen LogP contribution in [-0.2, 0) is 30.4 Å². The number of aliphatic hydroxyl groups is 1. The predicted molar refractivity (Wildman–Crippen MR) is 243 cm³/mol. The third-order valence-electron chi connectivity index (χ3n) is 14.0. The molecule has 3 fully saturated rings. The van der Waals surface area contributed by atoms with Crippen LogP contribution in [0, 0.1) is 5.92 Å². The molecule has 10 rings (SSSR count). The van der Waals surface area contributed by atoms with Crippen LogP contribution in [0.2, 0.25) is 0 Å². The van der Waals surface area contributed by atoms with Gasteiger partial charge in [0.1, 0.15) is 11.0 Å². The monoisotopic (exact) mass is 852 g/mol. The Balaban J connectivity index is 0.743. The number of nitrogens with zero attached hydrogens (tertiary/aromatic N) is 10. The van der Waals surface area contributed by atoms with Gasteiger partial charge < -0.3 is 15.3 Å². The number of aromatic nitrogens is 7. The molecule has 2 aromatic carbocycles. The molecule has 4 aromatic heterocycles. The Hall–Kier alpha value is -6.13. The Bertz CT molecular complexity index is 2760. The quantitative estimate of drug-likeness (QED) is 0.138. The van der Waals surface area contributed by atoms with E-state index in [4.69, 9.17) is 9.97 Å². The molecule has 3 N–H and O–H groups in total. The van der Waals surface area contributed by atoms with Gasteiger partial charge in [0.25, 0.3) is 5.56 Å². The Morgan fingerprint density at radius 2 is 1.68 bits per heavy atom. The number of anilines is 4. The Labute approximate surface area is 365 Å². The summed E-state index contributed by atoms with van der Waals surface area (Å²) in [6, 6.07) is 18.5. The van der Waals surface area contributed by atoms with E-state index in [9.17, 15) is 19.5 Å². The summed E-state index contributed by atoms with van der Waals surface area (Å²) in [5.74, 6) is 2.53. The number of amides is 3. The summed E-state index contributed by atoms with van der Waals surface area (Å²) in [6.45, 7) is 9.95. The van der Waals surface area contributed by atoms with E-state index in [-0.39, 0.29) is 17.9 Å². The molecule has 3 amide bonds. The lowest BCUT2D eigenvalue weighted by atomic mass is 9.78. The lowest BCUT2D eigenvalue weighted by molar-refractivity contribution is -0.120. The van der Waals surface area contributed by atoms with Crippen LogP contribution >= 0.6 is 0 Å². The summed E-state index contributed by atoms with van der Waals surface area (Å²) in [5.41, 5.74) is 5.46. The predicted octanol–water partition coefficient (Wildman–Crippen LogP) is 6.10. The van der Waals surface area contributed by atoms with Crippen molar-refractivity contribution in [3.63, 3.8) is 0 Å². The number of piperazine rings is 1. The number of fused-ring (bicyclic) bond motifs is 3. The van der Waals surface area contributed by atoms with Crippen LogP contribution in [0.25, 0.3) is 27.8 Å². The number of benzene rings is 2. The maximum absolute atomic E-state index is 13.6. The van der Waals surface area contributed by atoms with E-state index >= 15 is 0 Å². The average Bonchev–Trinajstić information content (AvgIpc) is 3.91. The number of urea groups is 1. The SMILES string of the molecule is CCCn1c(=O)c2cnc(Nc3ccc(C4CCC(CN5CCN(c6ccc7c(N8CCC(=O)NC8=O)nn(C)c7c6)CC5)CC4)cc3)nc2n1-c1ccc2c(n1)[C@@](O)(CC)CC2. The Morgan fingerprint density at radius 3 is 2.43 bits per heavy atom. The highest BCUT2D eigenvalue weighted by Gasteiger charge is 2.37. The van der Waals surface area contributed by atoms with Crippen molar-refractivity contribution in [2.45, 2.75) is 89.7 Å². The highest BCUT2D eigenvalue weighted by Crippen LogP contribution is 2.39. The van der Waals surface area contributed by atoms with E-state index in [1.165, 1.54) is 31.2 Å². The first kappa shape index (κ1) is 40.9. The van der Waals surface area contributed by atoms with Crippen molar-refractivity contribution >= 4 is 57.0 Å². The molecule has 1 atom stereocenters. The van der Waals surface area contributed by atoms with Crippen LogP contribution in [0.1, 0.15) is 88.0 Å². The van der Waals surface area contributed by atoms with Crippen molar-refractivity contribution in [2.24, 2.45) is 13.0 Å². The lowest BCUT2D eigenvalue weighted by Gasteiger charge is -2.39. The Morgan fingerprint density at radius 1 is 0.889 bits per heavy atom. The highest BCUT2D eigenvalue weighted by molar-refractivity contribution is 6.09. The zero-order valence-corrected chi connectivity index (χ0v) is 36.4. The van der Waals surface area contributed by atoms with Crippen LogP contribution in [0.3, 0.4) is 0 Å². The minimum atomic E-state index is -0.968. The number of nitrogens with one attached hydrogen (secondary N) is 2. The van der Waals surface area contributed by atoms with Gasteiger partial charge in [0, 0.05) is 82.2 Å². The molecule has 0 bridgehead atoms. The molecule has 2 aliphatic heterocycles. The van der Waals surface area contributed by atoms with Gasteiger partial charge in [-0.05, 0) is 111 Å². The van der Waals surface area contributed by atoms with Crippen LogP contribution in [-0.4, -0.2) is 95.3 Å². The van der Waals surface area contributed by atoms with E-state index in [0.717, 1.165) is 73.4 Å². The second kappa shape index (κ2) is 16.5. The number of imide groups is 1. The number of rotatable bonds is 11. The summed E-state index contributed by atoms with van der Waals surface area (Å²) in [5, 5.41) is 23.1. The minimum Gasteiger partial charge on any atom is -0.384 e. The van der Waals surface area contributed by atoms with Gasteiger partial charge in [0.15, 0.2) is 17.3 Å². The van der Waals surface area contributed by atoms with E-state index < -0.39 is 11.6 Å². The van der Waals surface area contributed by atoms with Crippen LogP contribution < -0.4 is 26.0 Å². The molecular formula is C47H56N12O4. The van der Waals surface area contributed by atoms with Gasteiger partial charge in [-0.25, -0.2) is 24.1 Å². The normalized spacial score (nSPS) is 22.0. The van der Waals surface area contributed by atoms with Gasteiger partial charge in [0.2, 0.25) is 11.9 Å².